The molecule has 6 heteroatoms. The molecular formula is C12H12O4S2. The number of thiophene rings is 1. The zero-order valence-electron chi connectivity index (χ0n) is 9.71. The molecule has 18 heavy (non-hydrogen) atoms. The van der Waals surface area contributed by atoms with Gasteiger partial charge in [-0.3, -0.25) is 0 Å². The fourth-order valence-corrected chi connectivity index (χ4v) is 3.83. The number of carbonyl (C=O) groups is 1. The number of hydrogen-bond acceptors (Lipinski definition) is 4. The third kappa shape index (κ3) is 2.39. The minimum Gasteiger partial charge on any atom is -0.477 e. The van der Waals surface area contributed by atoms with Crippen LogP contribution in [0.3, 0.4) is 0 Å². The molecule has 1 N–H and O–H groups in total. The van der Waals surface area contributed by atoms with E-state index < -0.39 is 15.8 Å². The topological polar surface area (TPSA) is 71.4 Å². The van der Waals surface area contributed by atoms with Gasteiger partial charge in [0.2, 0.25) is 0 Å². The summed E-state index contributed by atoms with van der Waals surface area (Å²) in [6, 6.07) is 7.15. The molecule has 2 aromatic rings. The average Bonchev–Trinajstić information content (AvgIpc) is 2.68. The van der Waals surface area contributed by atoms with Crippen molar-refractivity contribution in [2.45, 2.75) is 12.7 Å². The molecule has 96 valence electrons. The van der Waals surface area contributed by atoms with Crippen LogP contribution < -0.4 is 0 Å². The number of rotatable bonds is 4. The van der Waals surface area contributed by atoms with Crippen LogP contribution in [-0.2, 0) is 15.6 Å². The van der Waals surface area contributed by atoms with Gasteiger partial charge in [-0.2, -0.15) is 0 Å². The van der Waals surface area contributed by atoms with E-state index in [-0.39, 0.29) is 16.4 Å². The van der Waals surface area contributed by atoms with Crippen molar-refractivity contribution < 1.29 is 18.3 Å². The molecule has 1 aromatic heterocycles. The first-order valence-electron chi connectivity index (χ1n) is 5.38. The molecule has 2 rings (SSSR count). The first-order valence-corrected chi connectivity index (χ1v) is 8.02. The summed E-state index contributed by atoms with van der Waals surface area (Å²) < 4.78 is 24.2. The third-order valence-electron chi connectivity index (χ3n) is 2.70. The molecule has 4 nitrogen and oxygen atoms in total. The number of benzene rings is 1. The van der Waals surface area contributed by atoms with Crippen LogP contribution in [0.25, 0.3) is 10.1 Å². The van der Waals surface area contributed by atoms with Gasteiger partial charge >= 0.3 is 5.97 Å². The highest BCUT2D eigenvalue weighted by Gasteiger charge is 2.21. The Hall–Kier alpha value is -1.40. The molecule has 0 bridgehead atoms. The minimum absolute atomic E-state index is 0.0102. The Balaban J connectivity index is 2.66. The normalized spacial score (nSPS) is 11.8. The Kier molecular flexibility index (Phi) is 3.41. The Morgan fingerprint density at radius 3 is 2.61 bits per heavy atom. The second-order valence-electron chi connectivity index (χ2n) is 3.89. The predicted octanol–water partition coefficient (Wildman–Crippen LogP) is 2.53. The molecular weight excluding hydrogens is 272 g/mol. The summed E-state index contributed by atoms with van der Waals surface area (Å²) in [4.78, 5) is 11.3. The molecule has 0 aliphatic heterocycles. The summed E-state index contributed by atoms with van der Waals surface area (Å²) in [6.45, 7) is 1.56. The number of carboxylic acids is 1. The van der Waals surface area contributed by atoms with E-state index >= 15 is 0 Å². The van der Waals surface area contributed by atoms with Crippen molar-refractivity contribution in [3.63, 3.8) is 0 Å². The van der Waals surface area contributed by atoms with Gasteiger partial charge in [0.05, 0.1) is 5.75 Å². The molecule has 0 spiro atoms. The summed E-state index contributed by atoms with van der Waals surface area (Å²) in [7, 11) is -3.25. The van der Waals surface area contributed by atoms with Gasteiger partial charge in [0.25, 0.3) is 0 Å². The van der Waals surface area contributed by atoms with Crippen LogP contribution in [-0.4, -0.2) is 25.2 Å². The zero-order chi connectivity index (χ0) is 13.3. The SMILES string of the molecule is CCS(=O)(=O)Cc1c(C(=O)O)sc2ccccc12. The molecule has 0 saturated heterocycles. The molecule has 0 radical (unpaired) electrons. The Labute approximate surface area is 109 Å². The fraction of sp³-hybridized carbons (Fsp3) is 0.250. The number of fused-ring (bicyclic) bond motifs is 1. The van der Waals surface area contributed by atoms with Crippen LogP contribution in [0.5, 0.6) is 0 Å². The highest BCUT2D eigenvalue weighted by atomic mass is 32.2. The van der Waals surface area contributed by atoms with Gasteiger partial charge in [0.1, 0.15) is 4.88 Å². The molecule has 1 aromatic carbocycles. The van der Waals surface area contributed by atoms with Crippen LogP contribution in [0.1, 0.15) is 22.2 Å². The molecule has 0 amide bonds. The van der Waals surface area contributed by atoms with Gasteiger partial charge < -0.3 is 5.11 Å². The molecule has 0 unspecified atom stereocenters. The largest absolute Gasteiger partial charge is 0.477 e. The number of carboxylic acid groups (broad SMARTS) is 1. The lowest BCUT2D eigenvalue weighted by Crippen LogP contribution is -2.09. The van der Waals surface area contributed by atoms with Crippen LogP contribution in [0, 0.1) is 0 Å². The van der Waals surface area contributed by atoms with Gasteiger partial charge in [-0.1, -0.05) is 25.1 Å². The van der Waals surface area contributed by atoms with Crippen molar-refractivity contribution in [3.8, 4) is 0 Å². The van der Waals surface area contributed by atoms with Crippen molar-refractivity contribution in [3.05, 3.63) is 34.7 Å². The summed E-state index contributed by atoms with van der Waals surface area (Å²) in [5, 5.41) is 9.87. The second kappa shape index (κ2) is 4.70. The highest BCUT2D eigenvalue weighted by molar-refractivity contribution is 7.90. The second-order valence-corrected chi connectivity index (χ2v) is 7.29. The van der Waals surface area contributed by atoms with Crippen LogP contribution in [0.2, 0.25) is 0 Å². The maximum Gasteiger partial charge on any atom is 0.346 e. The minimum atomic E-state index is -3.25. The van der Waals surface area contributed by atoms with E-state index in [9.17, 15) is 13.2 Å². The Bertz CT molecular complexity index is 698. The lowest BCUT2D eigenvalue weighted by Gasteiger charge is -2.02. The van der Waals surface area contributed by atoms with Gasteiger partial charge in [0.15, 0.2) is 9.84 Å². The van der Waals surface area contributed by atoms with E-state index in [4.69, 9.17) is 5.11 Å². The lowest BCUT2D eigenvalue weighted by molar-refractivity contribution is 0.0701. The smallest absolute Gasteiger partial charge is 0.346 e. The van der Waals surface area contributed by atoms with Crippen molar-refractivity contribution in [2.75, 3.05) is 5.75 Å². The van der Waals surface area contributed by atoms with E-state index in [0.29, 0.717) is 5.56 Å². The summed E-state index contributed by atoms with van der Waals surface area (Å²) >= 11 is 1.12. The van der Waals surface area contributed by atoms with Crippen LogP contribution >= 0.6 is 11.3 Å². The first-order chi connectivity index (χ1) is 8.44. The van der Waals surface area contributed by atoms with Crippen molar-refractivity contribution in [2.24, 2.45) is 0 Å². The summed E-state index contributed by atoms with van der Waals surface area (Å²) in [6.07, 6.45) is 0. The van der Waals surface area contributed by atoms with Crippen molar-refractivity contribution >= 4 is 37.2 Å². The summed E-state index contributed by atoms with van der Waals surface area (Å²) in [5.74, 6) is -1.27. The molecule has 0 atom stereocenters. The van der Waals surface area contributed by atoms with Crippen molar-refractivity contribution in [1.29, 1.82) is 0 Å². The quantitative estimate of drug-likeness (QED) is 0.936. The molecule has 0 saturated carbocycles. The maximum absolute atomic E-state index is 11.7. The van der Waals surface area contributed by atoms with E-state index in [1.165, 1.54) is 0 Å². The maximum atomic E-state index is 11.7. The first kappa shape index (κ1) is 13.0. The highest BCUT2D eigenvalue weighted by Crippen LogP contribution is 2.32. The third-order valence-corrected chi connectivity index (χ3v) is 5.51. The van der Waals surface area contributed by atoms with Gasteiger partial charge in [-0.15, -0.1) is 11.3 Å². The van der Waals surface area contributed by atoms with E-state index in [1.54, 1.807) is 25.1 Å². The van der Waals surface area contributed by atoms with Crippen molar-refractivity contribution in [1.82, 2.24) is 0 Å². The Morgan fingerprint density at radius 1 is 1.33 bits per heavy atom. The number of sulfone groups is 1. The van der Waals surface area contributed by atoms with Gasteiger partial charge in [0, 0.05) is 16.0 Å². The molecule has 0 aliphatic rings. The van der Waals surface area contributed by atoms with Crippen LogP contribution in [0.4, 0.5) is 0 Å². The van der Waals surface area contributed by atoms with Gasteiger partial charge in [-0.05, 0) is 11.5 Å². The van der Waals surface area contributed by atoms with E-state index in [2.05, 4.69) is 0 Å². The Morgan fingerprint density at radius 2 is 2.00 bits per heavy atom. The molecule has 0 aliphatic carbocycles. The lowest BCUT2D eigenvalue weighted by atomic mass is 10.1. The summed E-state index contributed by atoms with van der Waals surface area (Å²) in [5.41, 5.74) is 0.407. The molecule has 0 fully saturated rings. The monoisotopic (exact) mass is 284 g/mol. The van der Waals surface area contributed by atoms with Crippen LogP contribution in [0.15, 0.2) is 24.3 Å². The fourth-order valence-electron chi connectivity index (χ4n) is 1.74. The van der Waals surface area contributed by atoms with Gasteiger partial charge in [-0.25, -0.2) is 13.2 Å². The number of hydrogen-bond donors (Lipinski definition) is 1. The predicted molar refractivity (Wildman–Crippen MR) is 71.9 cm³/mol. The zero-order valence-corrected chi connectivity index (χ0v) is 11.3. The van der Waals surface area contributed by atoms with E-state index in [0.717, 1.165) is 21.4 Å². The number of aromatic carboxylic acids is 1. The average molecular weight is 284 g/mol. The molecule has 1 heterocycles. The standard InChI is InChI=1S/C12H12O4S2/c1-2-18(15,16)7-9-8-5-3-4-6-10(8)17-11(9)12(13)14/h3-6H,2,7H2,1H3,(H,13,14). The van der Waals surface area contributed by atoms with E-state index in [1.807, 2.05) is 6.07 Å².